The number of rotatable bonds is 10. The van der Waals surface area contributed by atoms with E-state index >= 15 is 0 Å². The molecule has 0 aliphatic heterocycles. The Bertz CT molecular complexity index is 535. The van der Waals surface area contributed by atoms with Gasteiger partial charge in [-0.1, -0.05) is 6.92 Å². The van der Waals surface area contributed by atoms with E-state index < -0.39 is 5.97 Å². The van der Waals surface area contributed by atoms with E-state index in [2.05, 4.69) is 0 Å². The summed E-state index contributed by atoms with van der Waals surface area (Å²) < 4.78 is 10.4. The highest BCUT2D eigenvalue weighted by Crippen LogP contribution is 2.32. The van der Waals surface area contributed by atoms with Crippen molar-refractivity contribution in [3.63, 3.8) is 0 Å². The minimum atomic E-state index is -0.987. The molecule has 128 valence electrons. The van der Waals surface area contributed by atoms with Crippen LogP contribution in [-0.4, -0.2) is 54.9 Å². The second-order valence-corrected chi connectivity index (χ2v) is 5.99. The smallest absolute Gasteiger partial charge is 0.323 e. The Labute approximate surface area is 140 Å². The van der Waals surface area contributed by atoms with Crippen molar-refractivity contribution in [2.75, 3.05) is 33.1 Å². The molecule has 0 unspecified atom stereocenters. The van der Waals surface area contributed by atoms with Crippen molar-refractivity contribution >= 4 is 23.6 Å². The first-order valence-corrected chi connectivity index (χ1v) is 8.34. The summed E-state index contributed by atoms with van der Waals surface area (Å²) in [6.45, 7) is 2.14. The fraction of sp³-hybridized carbons (Fsp3) is 0.500. The number of carboxylic acid groups (broad SMARTS) is 1. The van der Waals surface area contributed by atoms with E-state index in [9.17, 15) is 9.59 Å². The Morgan fingerprint density at radius 1 is 1.22 bits per heavy atom. The maximum absolute atomic E-state index is 12.1. The Balaban J connectivity index is 2.54. The van der Waals surface area contributed by atoms with Gasteiger partial charge in [0.05, 0.1) is 14.2 Å². The lowest BCUT2D eigenvalue weighted by atomic mass is 10.3. The molecule has 1 aromatic rings. The van der Waals surface area contributed by atoms with Crippen molar-refractivity contribution in [2.45, 2.75) is 24.7 Å². The van der Waals surface area contributed by atoms with Crippen LogP contribution < -0.4 is 9.47 Å². The number of nitrogens with zero attached hydrogens (tertiary/aromatic N) is 1. The van der Waals surface area contributed by atoms with Crippen molar-refractivity contribution in [3.05, 3.63) is 18.2 Å². The summed E-state index contributed by atoms with van der Waals surface area (Å²) in [6, 6.07) is 5.57. The molecule has 0 heterocycles. The van der Waals surface area contributed by atoms with E-state index in [1.807, 2.05) is 25.1 Å². The predicted molar refractivity (Wildman–Crippen MR) is 89.4 cm³/mol. The van der Waals surface area contributed by atoms with Gasteiger partial charge < -0.3 is 19.5 Å². The maximum Gasteiger partial charge on any atom is 0.323 e. The van der Waals surface area contributed by atoms with Crippen LogP contribution in [0.5, 0.6) is 11.5 Å². The van der Waals surface area contributed by atoms with Crippen LogP contribution in [0, 0.1) is 0 Å². The highest BCUT2D eigenvalue weighted by Gasteiger charge is 2.15. The molecule has 0 aromatic heterocycles. The molecular formula is C16H23NO5S. The highest BCUT2D eigenvalue weighted by molar-refractivity contribution is 7.99. The normalized spacial score (nSPS) is 10.2. The number of aliphatic carboxylic acids is 1. The second-order valence-electron chi connectivity index (χ2n) is 4.82. The van der Waals surface area contributed by atoms with Crippen LogP contribution >= 0.6 is 11.8 Å². The van der Waals surface area contributed by atoms with E-state index in [-0.39, 0.29) is 12.5 Å². The average Bonchev–Trinajstić information content (AvgIpc) is 2.53. The van der Waals surface area contributed by atoms with E-state index in [4.69, 9.17) is 14.6 Å². The Morgan fingerprint density at radius 2 is 1.91 bits per heavy atom. The number of benzene rings is 1. The SMILES string of the molecule is CCCN(CC(=O)O)C(=O)CCSc1ccc(OC)c(OC)c1. The van der Waals surface area contributed by atoms with Gasteiger partial charge in [0.1, 0.15) is 6.54 Å². The van der Waals surface area contributed by atoms with Crippen molar-refractivity contribution in [1.82, 2.24) is 4.90 Å². The molecule has 0 aliphatic carbocycles. The van der Waals surface area contributed by atoms with Gasteiger partial charge in [0.25, 0.3) is 0 Å². The molecule has 0 atom stereocenters. The molecule has 0 fully saturated rings. The van der Waals surface area contributed by atoms with Gasteiger partial charge in [-0.15, -0.1) is 11.8 Å². The van der Waals surface area contributed by atoms with E-state index in [1.165, 1.54) is 16.7 Å². The van der Waals surface area contributed by atoms with Gasteiger partial charge in [-0.2, -0.15) is 0 Å². The molecule has 1 aromatic carbocycles. The third-order valence-corrected chi connectivity index (χ3v) is 4.11. The predicted octanol–water partition coefficient (Wildman–Crippen LogP) is 2.51. The van der Waals surface area contributed by atoms with Crippen molar-refractivity contribution in [2.24, 2.45) is 0 Å². The van der Waals surface area contributed by atoms with Crippen LogP contribution in [0.4, 0.5) is 0 Å². The van der Waals surface area contributed by atoms with Crippen LogP contribution in [0.15, 0.2) is 23.1 Å². The number of carboxylic acids is 1. The van der Waals surface area contributed by atoms with Gasteiger partial charge in [0.15, 0.2) is 11.5 Å². The number of thioether (sulfide) groups is 1. The first-order valence-electron chi connectivity index (χ1n) is 7.36. The fourth-order valence-corrected chi connectivity index (χ4v) is 2.91. The van der Waals surface area contributed by atoms with Crippen molar-refractivity contribution in [1.29, 1.82) is 0 Å². The van der Waals surface area contributed by atoms with Crippen LogP contribution in [0.1, 0.15) is 19.8 Å². The molecule has 1 N–H and O–H groups in total. The van der Waals surface area contributed by atoms with Crippen molar-refractivity contribution < 1.29 is 24.2 Å². The molecule has 0 aliphatic rings. The number of carbonyl (C=O) groups is 2. The number of carbonyl (C=O) groups excluding carboxylic acids is 1. The monoisotopic (exact) mass is 341 g/mol. The summed E-state index contributed by atoms with van der Waals surface area (Å²) >= 11 is 1.52. The van der Waals surface area contributed by atoms with Gasteiger partial charge in [-0.3, -0.25) is 9.59 Å². The average molecular weight is 341 g/mol. The molecule has 6 nitrogen and oxygen atoms in total. The summed E-state index contributed by atoms with van der Waals surface area (Å²) in [7, 11) is 3.15. The Hall–Kier alpha value is -1.89. The number of methoxy groups -OCH3 is 2. The molecule has 0 saturated heterocycles. The molecule has 0 spiro atoms. The first-order chi connectivity index (χ1) is 11.0. The zero-order chi connectivity index (χ0) is 17.2. The topological polar surface area (TPSA) is 76.1 Å². The minimum Gasteiger partial charge on any atom is -0.493 e. The lowest BCUT2D eigenvalue weighted by molar-refractivity contribution is -0.144. The molecule has 1 amide bonds. The third-order valence-electron chi connectivity index (χ3n) is 3.11. The number of hydrogen-bond donors (Lipinski definition) is 1. The van der Waals surface area contributed by atoms with E-state index in [1.54, 1.807) is 14.2 Å². The van der Waals surface area contributed by atoms with Crippen LogP contribution in [0.3, 0.4) is 0 Å². The number of ether oxygens (including phenoxy) is 2. The fourth-order valence-electron chi connectivity index (χ4n) is 2.05. The van der Waals surface area contributed by atoms with Gasteiger partial charge in [0, 0.05) is 23.6 Å². The van der Waals surface area contributed by atoms with Gasteiger partial charge in [0.2, 0.25) is 5.91 Å². The summed E-state index contributed by atoms with van der Waals surface area (Å²) in [5.41, 5.74) is 0. The largest absolute Gasteiger partial charge is 0.493 e. The third kappa shape index (κ3) is 6.40. The standard InChI is InChI=1S/C16H23NO5S/c1-4-8-17(11-16(19)20)15(18)7-9-23-12-5-6-13(21-2)14(10-12)22-3/h5-6,10H,4,7-9,11H2,1-3H3,(H,19,20). The van der Waals surface area contributed by atoms with Gasteiger partial charge >= 0.3 is 5.97 Å². The Kier molecular flexibility index (Phi) is 8.32. The zero-order valence-electron chi connectivity index (χ0n) is 13.7. The van der Waals surface area contributed by atoms with Crippen LogP contribution in [0.25, 0.3) is 0 Å². The quantitative estimate of drug-likeness (QED) is 0.659. The van der Waals surface area contributed by atoms with Crippen molar-refractivity contribution in [3.8, 4) is 11.5 Å². The number of hydrogen-bond acceptors (Lipinski definition) is 5. The lowest BCUT2D eigenvalue weighted by Gasteiger charge is -2.19. The first kappa shape index (κ1) is 19.2. The van der Waals surface area contributed by atoms with Gasteiger partial charge in [-0.25, -0.2) is 0 Å². The molecule has 23 heavy (non-hydrogen) atoms. The zero-order valence-corrected chi connectivity index (χ0v) is 14.5. The van der Waals surface area contributed by atoms with Crippen LogP contribution in [0.2, 0.25) is 0 Å². The number of amides is 1. The summed E-state index contributed by atoms with van der Waals surface area (Å²) in [4.78, 5) is 25.2. The molecule has 1 rings (SSSR count). The van der Waals surface area contributed by atoms with Crippen LogP contribution in [-0.2, 0) is 9.59 Å². The molecule has 0 bridgehead atoms. The summed E-state index contributed by atoms with van der Waals surface area (Å²) in [5, 5.41) is 8.85. The maximum atomic E-state index is 12.1. The van der Waals surface area contributed by atoms with E-state index in [0.717, 1.165) is 11.3 Å². The minimum absolute atomic E-state index is 0.137. The summed E-state index contributed by atoms with van der Waals surface area (Å²) in [6.07, 6.45) is 1.04. The Morgan fingerprint density at radius 3 is 2.48 bits per heavy atom. The molecular weight excluding hydrogens is 318 g/mol. The molecule has 0 saturated carbocycles. The van der Waals surface area contributed by atoms with Gasteiger partial charge in [-0.05, 0) is 24.6 Å². The second kappa shape index (κ2) is 9.99. The van der Waals surface area contributed by atoms with E-state index in [0.29, 0.717) is 30.2 Å². The molecule has 0 radical (unpaired) electrons. The molecule has 7 heteroatoms. The lowest BCUT2D eigenvalue weighted by Crippen LogP contribution is -2.36. The summed E-state index contributed by atoms with van der Waals surface area (Å²) in [5.74, 6) is 0.751. The highest BCUT2D eigenvalue weighted by atomic mass is 32.2.